The number of aromatic nitrogens is 1. The Morgan fingerprint density at radius 2 is 2.09 bits per heavy atom. The minimum Gasteiger partial charge on any atom is -0.330 e. The van der Waals surface area contributed by atoms with Gasteiger partial charge in [0.1, 0.15) is 5.69 Å². The van der Waals surface area contributed by atoms with Crippen molar-refractivity contribution in [1.29, 1.82) is 0 Å². The van der Waals surface area contributed by atoms with Gasteiger partial charge in [-0.1, -0.05) is 24.3 Å². The van der Waals surface area contributed by atoms with Crippen molar-refractivity contribution >= 4 is 28.0 Å². The third kappa shape index (κ3) is 2.47. The summed E-state index contributed by atoms with van der Waals surface area (Å²) in [5.74, 6) is -0.0937. The number of pyridine rings is 1. The molecule has 4 nitrogen and oxygen atoms in total. The number of carbonyl (C=O) groups is 1. The van der Waals surface area contributed by atoms with Crippen LogP contribution in [0.15, 0.2) is 52.6 Å². The summed E-state index contributed by atoms with van der Waals surface area (Å²) in [5.41, 5.74) is 0.162. The van der Waals surface area contributed by atoms with E-state index in [-0.39, 0.29) is 17.5 Å². The van der Waals surface area contributed by atoms with Crippen LogP contribution in [0.3, 0.4) is 0 Å². The van der Waals surface area contributed by atoms with Gasteiger partial charge in [-0.2, -0.15) is 0 Å². The molecule has 1 fully saturated rings. The molecule has 0 bridgehead atoms. The van der Waals surface area contributed by atoms with Gasteiger partial charge in [-0.25, -0.2) is 0 Å². The van der Waals surface area contributed by atoms with E-state index in [0.717, 1.165) is 24.8 Å². The maximum absolute atomic E-state index is 12.9. The maximum Gasteiger partial charge on any atom is 0.270 e. The maximum atomic E-state index is 12.9. The SMILES string of the molecule is O=C(c1cc2ccccc2c(=O)[nH]1)N1CCC[C@@H]1c1cccs1. The molecule has 0 spiro atoms. The second kappa shape index (κ2) is 5.66. The number of thiophene rings is 1. The number of nitrogens with zero attached hydrogens (tertiary/aromatic N) is 1. The monoisotopic (exact) mass is 324 g/mol. The molecule has 1 atom stereocenters. The zero-order chi connectivity index (χ0) is 15.8. The van der Waals surface area contributed by atoms with Crippen molar-refractivity contribution in [1.82, 2.24) is 9.88 Å². The molecule has 3 heterocycles. The second-order valence-electron chi connectivity index (χ2n) is 5.77. The van der Waals surface area contributed by atoms with Crippen LogP contribution in [0, 0.1) is 0 Å². The Balaban J connectivity index is 1.73. The molecular weight excluding hydrogens is 308 g/mol. The number of hydrogen-bond donors (Lipinski definition) is 1. The van der Waals surface area contributed by atoms with Crippen LogP contribution in [0.25, 0.3) is 10.8 Å². The van der Waals surface area contributed by atoms with Crippen LogP contribution in [0.5, 0.6) is 0 Å². The summed E-state index contributed by atoms with van der Waals surface area (Å²) >= 11 is 1.68. The van der Waals surface area contributed by atoms with Crippen molar-refractivity contribution in [3.63, 3.8) is 0 Å². The molecule has 0 aliphatic carbocycles. The van der Waals surface area contributed by atoms with Crippen LogP contribution < -0.4 is 5.56 Å². The van der Waals surface area contributed by atoms with Crippen LogP contribution in [-0.4, -0.2) is 22.3 Å². The smallest absolute Gasteiger partial charge is 0.270 e. The number of carbonyl (C=O) groups excluding carboxylic acids is 1. The van der Waals surface area contributed by atoms with E-state index in [4.69, 9.17) is 0 Å². The number of benzene rings is 1. The van der Waals surface area contributed by atoms with E-state index < -0.39 is 0 Å². The number of rotatable bonds is 2. The Morgan fingerprint density at radius 1 is 1.22 bits per heavy atom. The Labute approximate surface area is 137 Å². The number of fused-ring (bicyclic) bond motifs is 1. The Morgan fingerprint density at radius 3 is 2.91 bits per heavy atom. The fourth-order valence-electron chi connectivity index (χ4n) is 3.27. The molecule has 1 N–H and O–H groups in total. The van der Waals surface area contributed by atoms with Gasteiger partial charge in [0.05, 0.1) is 6.04 Å². The summed E-state index contributed by atoms with van der Waals surface area (Å²) < 4.78 is 0. The van der Waals surface area contributed by atoms with E-state index in [0.29, 0.717) is 11.1 Å². The van der Waals surface area contributed by atoms with E-state index >= 15 is 0 Å². The molecule has 4 rings (SSSR count). The largest absolute Gasteiger partial charge is 0.330 e. The zero-order valence-corrected chi connectivity index (χ0v) is 13.3. The molecule has 1 aliphatic heterocycles. The van der Waals surface area contributed by atoms with Gasteiger partial charge in [0.2, 0.25) is 0 Å². The number of amides is 1. The van der Waals surface area contributed by atoms with Gasteiger partial charge in [-0.3, -0.25) is 9.59 Å². The molecule has 1 amide bonds. The van der Waals surface area contributed by atoms with Crippen LogP contribution in [0.2, 0.25) is 0 Å². The minimum atomic E-state index is -0.210. The molecule has 3 aromatic rings. The normalized spacial score (nSPS) is 17.7. The van der Waals surface area contributed by atoms with Gasteiger partial charge in [0.15, 0.2) is 0 Å². The van der Waals surface area contributed by atoms with Gasteiger partial charge in [0.25, 0.3) is 11.5 Å². The number of H-pyrrole nitrogens is 1. The van der Waals surface area contributed by atoms with Crippen LogP contribution in [0.4, 0.5) is 0 Å². The van der Waals surface area contributed by atoms with E-state index in [1.807, 2.05) is 34.5 Å². The molecule has 0 unspecified atom stereocenters. The number of hydrogen-bond acceptors (Lipinski definition) is 3. The fourth-order valence-corrected chi connectivity index (χ4v) is 4.14. The first-order valence-corrected chi connectivity index (χ1v) is 8.58. The molecule has 23 heavy (non-hydrogen) atoms. The lowest BCUT2D eigenvalue weighted by atomic mass is 10.1. The predicted molar refractivity (Wildman–Crippen MR) is 91.9 cm³/mol. The van der Waals surface area contributed by atoms with E-state index in [1.54, 1.807) is 23.5 Å². The van der Waals surface area contributed by atoms with Gasteiger partial charge < -0.3 is 9.88 Å². The standard InChI is InChI=1S/C18H16N2O2S/c21-17-13-6-2-1-5-12(13)11-14(19-17)18(22)20-9-3-7-15(20)16-8-4-10-23-16/h1-2,4-6,8,10-11,15H,3,7,9H2,(H,19,21)/t15-/m1/s1. The Bertz CT molecular complexity index is 914. The van der Waals surface area contributed by atoms with Gasteiger partial charge in [0, 0.05) is 16.8 Å². The summed E-state index contributed by atoms with van der Waals surface area (Å²) in [7, 11) is 0. The molecule has 116 valence electrons. The Kier molecular flexibility index (Phi) is 3.50. The first kappa shape index (κ1) is 14.2. The van der Waals surface area contributed by atoms with Crippen LogP contribution in [0.1, 0.15) is 34.2 Å². The third-order valence-corrected chi connectivity index (χ3v) is 5.34. The molecule has 2 aromatic heterocycles. The molecule has 1 saturated heterocycles. The molecule has 0 radical (unpaired) electrons. The van der Waals surface area contributed by atoms with Crippen molar-refractivity contribution in [2.45, 2.75) is 18.9 Å². The number of likely N-dealkylation sites (tertiary alicyclic amines) is 1. The molecule has 1 aromatic carbocycles. The van der Waals surface area contributed by atoms with Crippen LogP contribution in [-0.2, 0) is 0 Å². The second-order valence-corrected chi connectivity index (χ2v) is 6.75. The Hall–Kier alpha value is -2.40. The minimum absolute atomic E-state index is 0.0937. The lowest BCUT2D eigenvalue weighted by Crippen LogP contribution is -2.32. The average molecular weight is 324 g/mol. The van der Waals surface area contributed by atoms with Crippen molar-refractivity contribution in [2.24, 2.45) is 0 Å². The third-order valence-electron chi connectivity index (χ3n) is 4.37. The topological polar surface area (TPSA) is 53.2 Å². The number of aromatic amines is 1. The van der Waals surface area contributed by atoms with Gasteiger partial charge >= 0.3 is 0 Å². The summed E-state index contributed by atoms with van der Waals surface area (Å²) in [4.78, 5) is 31.0. The van der Waals surface area contributed by atoms with E-state index in [9.17, 15) is 9.59 Å². The average Bonchev–Trinajstić information content (AvgIpc) is 3.25. The molecule has 5 heteroatoms. The van der Waals surface area contributed by atoms with E-state index in [1.165, 1.54) is 4.88 Å². The predicted octanol–water partition coefficient (Wildman–Crippen LogP) is 3.57. The van der Waals surface area contributed by atoms with Crippen molar-refractivity contribution < 1.29 is 4.79 Å². The molecule has 1 aliphatic rings. The van der Waals surface area contributed by atoms with Gasteiger partial charge in [-0.05, 0) is 41.8 Å². The lowest BCUT2D eigenvalue weighted by molar-refractivity contribution is 0.0732. The summed E-state index contributed by atoms with van der Waals surface area (Å²) in [6.45, 7) is 0.732. The summed E-state index contributed by atoms with van der Waals surface area (Å²) in [5, 5.41) is 3.44. The quantitative estimate of drug-likeness (QED) is 0.783. The zero-order valence-electron chi connectivity index (χ0n) is 12.5. The first-order chi connectivity index (χ1) is 11.2. The first-order valence-electron chi connectivity index (χ1n) is 7.70. The fraction of sp³-hybridized carbons (Fsp3) is 0.222. The van der Waals surface area contributed by atoms with Crippen molar-refractivity contribution in [3.8, 4) is 0 Å². The van der Waals surface area contributed by atoms with Crippen LogP contribution >= 0.6 is 11.3 Å². The highest BCUT2D eigenvalue weighted by molar-refractivity contribution is 7.10. The number of nitrogens with one attached hydrogen (secondary N) is 1. The van der Waals surface area contributed by atoms with Crippen molar-refractivity contribution in [2.75, 3.05) is 6.54 Å². The highest BCUT2D eigenvalue weighted by Gasteiger charge is 2.31. The molecular formula is C18H16N2O2S. The summed E-state index contributed by atoms with van der Waals surface area (Å²) in [6.07, 6.45) is 1.97. The lowest BCUT2D eigenvalue weighted by Gasteiger charge is -2.23. The van der Waals surface area contributed by atoms with Gasteiger partial charge in [-0.15, -0.1) is 11.3 Å². The van der Waals surface area contributed by atoms with Crippen molar-refractivity contribution in [3.05, 3.63) is 68.8 Å². The highest BCUT2D eigenvalue weighted by Crippen LogP contribution is 2.35. The highest BCUT2D eigenvalue weighted by atomic mass is 32.1. The molecule has 0 saturated carbocycles. The summed E-state index contributed by atoms with van der Waals surface area (Å²) in [6, 6.07) is 13.3. The van der Waals surface area contributed by atoms with E-state index in [2.05, 4.69) is 11.1 Å².